The third kappa shape index (κ3) is 4.29. The van der Waals surface area contributed by atoms with Crippen molar-refractivity contribution in [3.05, 3.63) is 72.3 Å². The van der Waals surface area contributed by atoms with Gasteiger partial charge in [-0.15, -0.1) is 0 Å². The second kappa shape index (κ2) is 7.71. The molecule has 25 heavy (non-hydrogen) atoms. The fraction of sp³-hybridized carbons (Fsp3) is 0.190. The van der Waals surface area contributed by atoms with Crippen LogP contribution in [-0.4, -0.2) is 19.1 Å². The molecule has 0 heterocycles. The Balaban J connectivity index is 1.59. The van der Waals surface area contributed by atoms with Crippen LogP contribution in [0.25, 0.3) is 10.8 Å². The second-order valence-corrected chi connectivity index (χ2v) is 5.84. The van der Waals surface area contributed by atoms with E-state index in [1.54, 1.807) is 14.0 Å². The van der Waals surface area contributed by atoms with Crippen LogP contribution in [0.1, 0.15) is 12.5 Å². The predicted octanol–water partition coefficient (Wildman–Crippen LogP) is 3.93. The fourth-order valence-electron chi connectivity index (χ4n) is 2.61. The number of methoxy groups -OCH3 is 1. The van der Waals surface area contributed by atoms with Gasteiger partial charge in [0.05, 0.1) is 7.11 Å². The van der Waals surface area contributed by atoms with Gasteiger partial charge in [-0.05, 0) is 47.5 Å². The molecule has 1 unspecified atom stereocenters. The minimum absolute atomic E-state index is 0.157. The van der Waals surface area contributed by atoms with E-state index >= 15 is 0 Å². The third-order valence-electron chi connectivity index (χ3n) is 4.00. The van der Waals surface area contributed by atoms with Crippen LogP contribution in [0.15, 0.2) is 66.7 Å². The van der Waals surface area contributed by atoms with Crippen molar-refractivity contribution in [1.82, 2.24) is 5.32 Å². The van der Waals surface area contributed by atoms with Crippen molar-refractivity contribution in [2.45, 2.75) is 19.6 Å². The summed E-state index contributed by atoms with van der Waals surface area (Å²) in [4.78, 5) is 12.3. The first-order valence-electron chi connectivity index (χ1n) is 8.22. The van der Waals surface area contributed by atoms with Crippen LogP contribution < -0.4 is 14.8 Å². The lowest BCUT2D eigenvalue weighted by Gasteiger charge is -2.15. The molecule has 0 aromatic heterocycles. The van der Waals surface area contributed by atoms with Crippen LogP contribution in [0.3, 0.4) is 0 Å². The molecule has 1 N–H and O–H groups in total. The summed E-state index contributed by atoms with van der Waals surface area (Å²) >= 11 is 0. The molecule has 0 bridgehead atoms. The van der Waals surface area contributed by atoms with Crippen molar-refractivity contribution in [2.24, 2.45) is 0 Å². The number of ether oxygens (including phenoxy) is 2. The highest BCUT2D eigenvalue weighted by molar-refractivity contribution is 5.84. The molecule has 0 saturated carbocycles. The highest BCUT2D eigenvalue weighted by Gasteiger charge is 2.14. The molecule has 0 spiro atoms. The Kier molecular flexibility index (Phi) is 5.19. The molecule has 0 radical (unpaired) electrons. The Morgan fingerprint density at radius 2 is 1.76 bits per heavy atom. The van der Waals surface area contributed by atoms with Crippen LogP contribution >= 0.6 is 0 Å². The lowest BCUT2D eigenvalue weighted by molar-refractivity contribution is -0.127. The Morgan fingerprint density at radius 3 is 2.56 bits per heavy atom. The van der Waals surface area contributed by atoms with Gasteiger partial charge in [0.25, 0.3) is 5.91 Å². The molecular weight excluding hydrogens is 314 g/mol. The van der Waals surface area contributed by atoms with Crippen LogP contribution in [0.2, 0.25) is 0 Å². The standard InChI is InChI=1S/C21H21NO3/c1-15(21(23)22-14-16-6-5-9-19(12-16)24-2)25-20-11-10-17-7-3-4-8-18(17)13-20/h3-13,15H,14H2,1-2H3,(H,22,23). The first-order valence-corrected chi connectivity index (χ1v) is 8.22. The smallest absolute Gasteiger partial charge is 0.261 e. The number of nitrogens with one attached hydrogen (secondary N) is 1. The Labute approximate surface area is 147 Å². The highest BCUT2D eigenvalue weighted by Crippen LogP contribution is 2.21. The van der Waals surface area contributed by atoms with E-state index in [2.05, 4.69) is 5.32 Å². The molecule has 128 valence electrons. The fourth-order valence-corrected chi connectivity index (χ4v) is 2.61. The molecule has 0 aliphatic heterocycles. The molecule has 4 nitrogen and oxygen atoms in total. The monoisotopic (exact) mass is 335 g/mol. The average molecular weight is 335 g/mol. The van der Waals surface area contributed by atoms with E-state index < -0.39 is 6.10 Å². The van der Waals surface area contributed by atoms with Crippen molar-refractivity contribution in [3.8, 4) is 11.5 Å². The van der Waals surface area contributed by atoms with Gasteiger partial charge in [-0.2, -0.15) is 0 Å². The summed E-state index contributed by atoms with van der Waals surface area (Å²) in [6.45, 7) is 2.18. The largest absolute Gasteiger partial charge is 0.497 e. The lowest BCUT2D eigenvalue weighted by atomic mass is 10.1. The van der Waals surface area contributed by atoms with Gasteiger partial charge in [-0.1, -0.05) is 42.5 Å². The molecule has 4 heteroatoms. The zero-order chi connectivity index (χ0) is 17.6. The van der Waals surface area contributed by atoms with Crippen molar-refractivity contribution in [1.29, 1.82) is 0 Å². The summed E-state index contributed by atoms with van der Waals surface area (Å²) in [5.41, 5.74) is 0.977. The third-order valence-corrected chi connectivity index (χ3v) is 4.00. The number of benzene rings is 3. The van der Waals surface area contributed by atoms with E-state index in [0.717, 1.165) is 22.1 Å². The van der Waals surface area contributed by atoms with Gasteiger partial charge in [0.15, 0.2) is 6.10 Å². The van der Waals surface area contributed by atoms with Gasteiger partial charge in [0.2, 0.25) is 0 Å². The number of amides is 1. The maximum absolute atomic E-state index is 12.3. The van der Waals surface area contributed by atoms with Crippen LogP contribution in [0.5, 0.6) is 11.5 Å². The van der Waals surface area contributed by atoms with E-state index in [0.29, 0.717) is 12.3 Å². The van der Waals surface area contributed by atoms with E-state index in [1.807, 2.05) is 66.7 Å². The number of carbonyl (C=O) groups excluding carboxylic acids is 1. The zero-order valence-corrected chi connectivity index (χ0v) is 14.4. The predicted molar refractivity (Wildman–Crippen MR) is 98.9 cm³/mol. The summed E-state index contributed by atoms with van der Waals surface area (Å²) in [5.74, 6) is 1.30. The number of hydrogen-bond donors (Lipinski definition) is 1. The minimum atomic E-state index is -0.577. The van der Waals surface area contributed by atoms with Gasteiger partial charge >= 0.3 is 0 Å². The van der Waals surface area contributed by atoms with Gasteiger partial charge < -0.3 is 14.8 Å². The van der Waals surface area contributed by atoms with E-state index in [-0.39, 0.29) is 5.91 Å². The van der Waals surface area contributed by atoms with E-state index in [4.69, 9.17) is 9.47 Å². The molecule has 1 amide bonds. The molecular formula is C21H21NO3. The summed E-state index contributed by atoms with van der Waals surface area (Å²) in [6, 6.07) is 21.5. The molecule has 0 aliphatic carbocycles. The quantitative estimate of drug-likeness (QED) is 0.742. The summed E-state index contributed by atoms with van der Waals surface area (Å²) in [5, 5.41) is 5.12. The van der Waals surface area contributed by atoms with Crippen molar-refractivity contribution < 1.29 is 14.3 Å². The van der Waals surface area contributed by atoms with Crippen molar-refractivity contribution >= 4 is 16.7 Å². The maximum Gasteiger partial charge on any atom is 0.261 e. The topological polar surface area (TPSA) is 47.6 Å². The average Bonchev–Trinajstić information content (AvgIpc) is 2.66. The second-order valence-electron chi connectivity index (χ2n) is 5.84. The SMILES string of the molecule is COc1cccc(CNC(=O)C(C)Oc2ccc3ccccc3c2)c1. The zero-order valence-electron chi connectivity index (χ0n) is 14.4. The van der Waals surface area contributed by atoms with Gasteiger partial charge in [0.1, 0.15) is 11.5 Å². The Hall–Kier alpha value is -3.01. The van der Waals surface area contributed by atoms with E-state index in [9.17, 15) is 4.79 Å². The van der Waals surface area contributed by atoms with Gasteiger partial charge in [-0.3, -0.25) is 4.79 Å². The van der Waals surface area contributed by atoms with Gasteiger partial charge in [0, 0.05) is 6.54 Å². The Bertz CT molecular complexity index is 876. The normalized spacial score (nSPS) is 11.8. The number of fused-ring (bicyclic) bond motifs is 1. The lowest BCUT2D eigenvalue weighted by Crippen LogP contribution is -2.35. The van der Waals surface area contributed by atoms with Crippen LogP contribution in [-0.2, 0) is 11.3 Å². The summed E-state index contributed by atoms with van der Waals surface area (Å²) in [6.07, 6.45) is -0.577. The number of carbonyl (C=O) groups is 1. The first-order chi connectivity index (χ1) is 12.2. The van der Waals surface area contributed by atoms with Crippen LogP contribution in [0, 0.1) is 0 Å². The maximum atomic E-state index is 12.3. The molecule has 1 atom stereocenters. The van der Waals surface area contributed by atoms with E-state index in [1.165, 1.54) is 0 Å². The van der Waals surface area contributed by atoms with Gasteiger partial charge in [-0.25, -0.2) is 0 Å². The van der Waals surface area contributed by atoms with Crippen LogP contribution in [0.4, 0.5) is 0 Å². The van der Waals surface area contributed by atoms with Crippen molar-refractivity contribution in [3.63, 3.8) is 0 Å². The molecule has 3 aromatic rings. The Morgan fingerprint density at radius 1 is 0.960 bits per heavy atom. The molecule has 0 fully saturated rings. The number of hydrogen-bond acceptors (Lipinski definition) is 3. The highest BCUT2D eigenvalue weighted by atomic mass is 16.5. The number of rotatable bonds is 6. The first kappa shape index (κ1) is 16.8. The molecule has 3 rings (SSSR count). The summed E-state index contributed by atoms with van der Waals surface area (Å²) < 4.78 is 11.0. The minimum Gasteiger partial charge on any atom is -0.497 e. The van der Waals surface area contributed by atoms with Crippen molar-refractivity contribution in [2.75, 3.05) is 7.11 Å². The summed E-state index contributed by atoms with van der Waals surface area (Å²) in [7, 11) is 1.62. The molecule has 3 aromatic carbocycles. The molecule has 0 aliphatic rings. The molecule has 0 saturated heterocycles.